The Morgan fingerprint density at radius 2 is 1.95 bits per heavy atom. The number of carbonyl (C=O) groups is 1. The minimum atomic E-state index is 0.158. The number of hydrogen-bond acceptors (Lipinski definition) is 3. The van der Waals surface area contributed by atoms with E-state index in [1.54, 1.807) is 0 Å². The summed E-state index contributed by atoms with van der Waals surface area (Å²) >= 11 is 0. The van der Waals surface area contributed by atoms with Gasteiger partial charge in [0.05, 0.1) is 12.6 Å². The Morgan fingerprint density at radius 1 is 1.30 bits per heavy atom. The highest BCUT2D eigenvalue weighted by Crippen LogP contribution is 2.28. The lowest BCUT2D eigenvalue weighted by atomic mass is 10.3. The van der Waals surface area contributed by atoms with Crippen molar-refractivity contribution in [2.24, 2.45) is 5.92 Å². The van der Waals surface area contributed by atoms with E-state index in [2.05, 4.69) is 12.2 Å². The SMILES string of the molecule is CCC(C)Oc1ccc(OCCNC(=O)C2CC2)cc1. The van der Waals surface area contributed by atoms with E-state index in [-0.39, 0.29) is 17.9 Å². The molecular formula is C16H23NO3. The number of amides is 1. The van der Waals surface area contributed by atoms with E-state index in [1.165, 1.54) is 0 Å². The van der Waals surface area contributed by atoms with Crippen LogP contribution in [0.15, 0.2) is 24.3 Å². The molecule has 0 saturated heterocycles. The van der Waals surface area contributed by atoms with Gasteiger partial charge in [-0.15, -0.1) is 0 Å². The zero-order chi connectivity index (χ0) is 14.4. The van der Waals surface area contributed by atoms with Gasteiger partial charge in [0.15, 0.2) is 0 Å². The molecule has 1 fully saturated rings. The molecule has 0 spiro atoms. The molecule has 1 N–H and O–H groups in total. The highest BCUT2D eigenvalue weighted by Gasteiger charge is 2.28. The first-order valence-corrected chi connectivity index (χ1v) is 7.36. The first-order chi connectivity index (χ1) is 9.69. The van der Waals surface area contributed by atoms with E-state index >= 15 is 0 Å². The summed E-state index contributed by atoms with van der Waals surface area (Å²) < 4.78 is 11.3. The molecular weight excluding hydrogens is 254 g/mol. The van der Waals surface area contributed by atoms with Gasteiger partial charge in [-0.05, 0) is 50.5 Å². The molecule has 20 heavy (non-hydrogen) atoms. The highest BCUT2D eigenvalue weighted by atomic mass is 16.5. The summed E-state index contributed by atoms with van der Waals surface area (Å²) in [5, 5.41) is 2.87. The van der Waals surface area contributed by atoms with Crippen LogP contribution in [0.2, 0.25) is 0 Å². The molecule has 2 rings (SSSR count). The zero-order valence-electron chi connectivity index (χ0n) is 12.2. The standard InChI is InChI=1S/C16H23NO3/c1-3-12(2)20-15-8-6-14(7-9-15)19-11-10-17-16(18)13-4-5-13/h6-9,12-13H,3-5,10-11H2,1-2H3,(H,17,18). The van der Waals surface area contributed by atoms with Gasteiger partial charge in [-0.1, -0.05) is 6.92 Å². The van der Waals surface area contributed by atoms with Crippen LogP contribution in [-0.4, -0.2) is 25.2 Å². The summed E-state index contributed by atoms with van der Waals surface area (Å²) in [5.74, 6) is 2.06. The summed E-state index contributed by atoms with van der Waals surface area (Å²) in [6.07, 6.45) is 3.27. The van der Waals surface area contributed by atoms with Crippen molar-refractivity contribution >= 4 is 5.91 Å². The van der Waals surface area contributed by atoms with Crippen LogP contribution in [0.25, 0.3) is 0 Å². The largest absolute Gasteiger partial charge is 0.492 e. The monoisotopic (exact) mass is 277 g/mol. The van der Waals surface area contributed by atoms with Gasteiger partial charge in [0.1, 0.15) is 18.1 Å². The minimum absolute atomic E-state index is 0.158. The van der Waals surface area contributed by atoms with Gasteiger partial charge in [0, 0.05) is 5.92 Å². The van der Waals surface area contributed by atoms with E-state index in [0.717, 1.165) is 30.8 Å². The first kappa shape index (κ1) is 14.7. The molecule has 1 aromatic carbocycles. The van der Waals surface area contributed by atoms with Gasteiger partial charge in [-0.2, -0.15) is 0 Å². The Morgan fingerprint density at radius 3 is 2.55 bits per heavy atom. The Kier molecular flexibility index (Phi) is 5.27. The molecule has 0 bridgehead atoms. The van der Waals surface area contributed by atoms with Crippen LogP contribution < -0.4 is 14.8 Å². The number of ether oxygens (including phenoxy) is 2. The third kappa shape index (κ3) is 4.76. The second kappa shape index (κ2) is 7.17. The molecule has 1 atom stereocenters. The lowest BCUT2D eigenvalue weighted by Gasteiger charge is -2.13. The van der Waals surface area contributed by atoms with Crippen LogP contribution in [0.4, 0.5) is 0 Å². The van der Waals surface area contributed by atoms with Gasteiger partial charge in [0.2, 0.25) is 5.91 Å². The topological polar surface area (TPSA) is 47.6 Å². The fourth-order valence-electron chi connectivity index (χ4n) is 1.76. The average molecular weight is 277 g/mol. The molecule has 110 valence electrons. The number of nitrogens with one attached hydrogen (secondary N) is 1. The Hall–Kier alpha value is -1.71. The van der Waals surface area contributed by atoms with Gasteiger partial charge >= 0.3 is 0 Å². The predicted molar refractivity (Wildman–Crippen MR) is 78.1 cm³/mol. The van der Waals surface area contributed by atoms with Crippen molar-refractivity contribution < 1.29 is 14.3 Å². The molecule has 4 nitrogen and oxygen atoms in total. The molecule has 1 saturated carbocycles. The average Bonchev–Trinajstić information content (AvgIpc) is 3.29. The van der Waals surface area contributed by atoms with Gasteiger partial charge in [0.25, 0.3) is 0 Å². The third-order valence-corrected chi connectivity index (χ3v) is 3.35. The zero-order valence-corrected chi connectivity index (χ0v) is 12.2. The quantitative estimate of drug-likeness (QED) is 0.743. The number of hydrogen-bond donors (Lipinski definition) is 1. The maximum absolute atomic E-state index is 11.4. The molecule has 4 heteroatoms. The summed E-state index contributed by atoms with van der Waals surface area (Å²) in [7, 11) is 0. The molecule has 1 aromatic rings. The molecule has 1 aliphatic carbocycles. The minimum Gasteiger partial charge on any atom is -0.492 e. The first-order valence-electron chi connectivity index (χ1n) is 7.36. The Balaban J connectivity index is 1.66. The van der Waals surface area contributed by atoms with Crippen molar-refractivity contribution in [2.45, 2.75) is 39.2 Å². The lowest BCUT2D eigenvalue weighted by Crippen LogP contribution is -2.29. The molecule has 0 aromatic heterocycles. The smallest absolute Gasteiger partial charge is 0.223 e. The molecule has 1 unspecified atom stereocenters. The highest BCUT2D eigenvalue weighted by molar-refractivity contribution is 5.80. The van der Waals surface area contributed by atoms with Crippen molar-refractivity contribution in [3.8, 4) is 11.5 Å². The van der Waals surface area contributed by atoms with Crippen LogP contribution in [0, 0.1) is 5.92 Å². The normalized spacial score (nSPS) is 15.5. The number of rotatable bonds is 8. The van der Waals surface area contributed by atoms with Crippen LogP contribution in [0.3, 0.4) is 0 Å². The predicted octanol–water partition coefficient (Wildman–Crippen LogP) is 2.77. The Labute approximate surface area is 120 Å². The summed E-state index contributed by atoms with van der Waals surface area (Å²) in [5.41, 5.74) is 0. The van der Waals surface area contributed by atoms with Gasteiger partial charge < -0.3 is 14.8 Å². The van der Waals surface area contributed by atoms with E-state index < -0.39 is 0 Å². The van der Waals surface area contributed by atoms with E-state index in [4.69, 9.17) is 9.47 Å². The fourth-order valence-corrected chi connectivity index (χ4v) is 1.76. The van der Waals surface area contributed by atoms with Gasteiger partial charge in [-0.3, -0.25) is 4.79 Å². The van der Waals surface area contributed by atoms with Crippen molar-refractivity contribution in [1.29, 1.82) is 0 Å². The lowest BCUT2D eigenvalue weighted by molar-refractivity contribution is -0.122. The number of benzene rings is 1. The van der Waals surface area contributed by atoms with Gasteiger partial charge in [-0.25, -0.2) is 0 Å². The van der Waals surface area contributed by atoms with E-state index in [0.29, 0.717) is 13.2 Å². The second-order valence-electron chi connectivity index (χ2n) is 5.22. The van der Waals surface area contributed by atoms with Crippen LogP contribution >= 0.6 is 0 Å². The van der Waals surface area contributed by atoms with Crippen molar-refractivity contribution in [1.82, 2.24) is 5.32 Å². The molecule has 0 aliphatic heterocycles. The molecule has 1 aliphatic rings. The maximum atomic E-state index is 11.4. The molecule has 0 heterocycles. The van der Waals surface area contributed by atoms with E-state index in [1.807, 2.05) is 31.2 Å². The summed E-state index contributed by atoms with van der Waals surface area (Å²) in [6, 6.07) is 7.59. The van der Waals surface area contributed by atoms with Crippen LogP contribution in [0.1, 0.15) is 33.1 Å². The van der Waals surface area contributed by atoms with Crippen molar-refractivity contribution in [3.05, 3.63) is 24.3 Å². The maximum Gasteiger partial charge on any atom is 0.223 e. The van der Waals surface area contributed by atoms with Crippen LogP contribution in [-0.2, 0) is 4.79 Å². The Bertz CT molecular complexity index is 426. The summed E-state index contributed by atoms with van der Waals surface area (Å²) in [6.45, 7) is 5.19. The van der Waals surface area contributed by atoms with Crippen molar-refractivity contribution in [2.75, 3.05) is 13.2 Å². The van der Waals surface area contributed by atoms with Crippen LogP contribution in [0.5, 0.6) is 11.5 Å². The molecule has 1 amide bonds. The second-order valence-corrected chi connectivity index (χ2v) is 5.22. The van der Waals surface area contributed by atoms with E-state index in [9.17, 15) is 4.79 Å². The summed E-state index contributed by atoms with van der Waals surface area (Å²) in [4.78, 5) is 11.4. The number of carbonyl (C=O) groups excluding carboxylic acids is 1. The van der Waals surface area contributed by atoms with Crippen molar-refractivity contribution in [3.63, 3.8) is 0 Å². The molecule has 0 radical (unpaired) electrons. The third-order valence-electron chi connectivity index (χ3n) is 3.35. The fraction of sp³-hybridized carbons (Fsp3) is 0.562.